The lowest BCUT2D eigenvalue weighted by Gasteiger charge is -2.34. The number of rotatable bonds is 7. The molecule has 0 spiro atoms. The van der Waals surface area contributed by atoms with Crippen molar-refractivity contribution in [1.29, 1.82) is 0 Å². The molecule has 2 saturated carbocycles. The summed E-state index contributed by atoms with van der Waals surface area (Å²) in [4.78, 5) is 2.68. The average Bonchev–Trinajstić information content (AvgIpc) is 3.51. The minimum Gasteiger partial charge on any atom is -0.508 e. The number of aromatic hydroxyl groups is 1. The molecule has 2 aliphatic carbocycles. The molecule has 0 radical (unpaired) electrons. The van der Waals surface area contributed by atoms with Crippen molar-refractivity contribution in [2.75, 3.05) is 0 Å². The smallest absolute Gasteiger partial charge is 0.442 e. The molecular weight excluding hydrogens is 528 g/mol. The van der Waals surface area contributed by atoms with Gasteiger partial charge in [-0.05, 0) is 79.6 Å². The van der Waals surface area contributed by atoms with Gasteiger partial charge in [0.1, 0.15) is 11.5 Å². The first-order chi connectivity index (χ1) is 17.5. The number of benzene rings is 3. The third-order valence-corrected chi connectivity index (χ3v) is 9.14. The standard InChI is InChI=1S/C15H16F4O4S.C12H10S/c16-14(17,13-8-9-1-2-10(13)7-9)15(18,19)24(21,22)23-12-5-3-11(20)4-6-12;1-3-7-11(8-4-1)13-12-9-5-2-6-10-12/h3-6,9-10,13,20H,1-2,7-8H2;1-10H/p+1. The maximum atomic E-state index is 14.4. The molecule has 0 heterocycles. The van der Waals surface area contributed by atoms with Gasteiger partial charge in [0.15, 0.2) is 9.79 Å². The average molecular weight is 556 g/mol. The molecule has 4 nitrogen and oxygen atoms in total. The van der Waals surface area contributed by atoms with Gasteiger partial charge >= 0.3 is 21.3 Å². The van der Waals surface area contributed by atoms with Crippen LogP contribution in [0.5, 0.6) is 11.5 Å². The second-order valence-electron chi connectivity index (χ2n) is 9.24. The number of fused-ring (bicyclic) bond motifs is 2. The Labute approximate surface area is 217 Å². The highest BCUT2D eigenvalue weighted by molar-refractivity contribution is 7.88. The van der Waals surface area contributed by atoms with E-state index in [4.69, 9.17) is 5.11 Å². The van der Waals surface area contributed by atoms with Crippen molar-refractivity contribution >= 4 is 21.9 Å². The second-order valence-corrected chi connectivity index (χ2v) is 12.1. The number of halogens is 4. The van der Waals surface area contributed by atoms with Crippen molar-refractivity contribution in [3.8, 4) is 11.5 Å². The van der Waals surface area contributed by atoms with E-state index in [9.17, 15) is 26.0 Å². The van der Waals surface area contributed by atoms with Crippen LogP contribution in [0.3, 0.4) is 0 Å². The summed E-state index contributed by atoms with van der Waals surface area (Å²) in [7, 11) is -5.90. The van der Waals surface area contributed by atoms with Crippen LogP contribution in [-0.2, 0) is 21.9 Å². The van der Waals surface area contributed by atoms with E-state index in [1.807, 2.05) is 12.1 Å². The Morgan fingerprint density at radius 1 is 0.784 bits per heavy atom. The maximum Gasteiger partial charge on any atom is 0.442 e. The van der Waals surface area contributed by atoms with E-state index in [2.05, 4.69) is 52.7 Å². The van der Waals surface area contributed by atoms with Crippen LogP contribution in [0.4, 0.5) is 17.6 Å². The van der Waals surface area contributed by atoms with Gasteiger partial charge in [0, 0.05) is 17.7 Å². The molecule has 198 valence electrons. The van der Waals surface area contributed by atoms with Crippen LogP contribution in [0.25, 0.3) is 0 Å². The number of phenols is 1. The summed E-state index contributed by atoms with van der Waals surface area (Å²) >= 11 is 1.28. The third kappa shape index (κ3) is 6.06. The SMILES string of the molecule is O=S(=O)(Oc1ccc(O)cc1)C(F)(F)C(F)(F)C1CC2CCC1C2.c1ccc([SH+]c2ccccc2)cc1. The Hall–Kier alpha value is -2.72. The fourth-order valence-corrected chi connectivity index (χ4v) is 6.80. The Morgan fingerprint density at radius 3 is 1.78 bits per heavy atom. The van der Waals surface area contributed by atoms with Crippen LogP contribution in [0.1, 0.15) is 25.7 Å². The molecule has 0 amide bonds. The molecule has 1 N–H and O–H groups in total. The highest BCUT2D eigenvalue weighted by atomic mass is 32.2. The Balaban J connectivity index is 0.000000207. The monoisotopic (exact) mass is 555 g/mol. The molecule has 3 atom stereocenters. The Kier molecular flexibility index (Phi) is 8.08. The van der Waals surface area contributed by atoms with Crippen LogP contribution in [0, 0.1) is 17.8 Å². The molecule has 2 aliphatic rings. The van der Waals surface area contributed by atoms with Gasteiger partial charge in [-0.3, -0.25) is 0 Å². The van der Waals surface area contributed by atoms with Crippen LogP contribution in [0.15, 0.2) is 94.7 Å². The van der Waals surface area contributed by atoms with Crippen LogP contribution >= 0.6 is 0 Å². The lowest BCUT2D eigenvalue weighted by molar-refractivity contribution is -0.202. The van der Waals surface area contributed by atoms with Gasteiger partial charge in [0.25, 0.3) is 0 Å². The van der Waals surface area contributed by atoms with Crippen LogP contribution in [0.2, 0.25) is 0 Å². The summed E-state index contributed by atoms with van der Waals surface area (Å²) in [6.07, 6.45) is 1.48. The molecule has 5 rings (SSSR count). The quantitative estimate of drug-likeness (QED) is 0.153. The summed E-state index contributed by atoms with van der Waals surface area (Å²) in [5.41, 5.74) is 0. The molecule has 0 aliphatic heterocycles. The van der Waals surface area contributed by atoms with E-state index in [0.29, 0.717) is 12.8 Å². The normalized spacial score (nSPS) is 21.2. The second kappa shape index (κ2) is 10.9. The molecule has 0 saturated heterocycles. The largest absolute Gasteiger partial charge is 0.508 e. The van der Waals surface area contributed by atoms with Gasteiger partial charge in [0.2, 0.25) is 0 Å². The summed E-state index contributed by atoms with van der Waals surface area (Å²) in [6.45, 7) is 0. The highest BCUT2D eigenvalue weighted by Gasteiger charge is 2.72. The zero-order valence-electron chi connectivity index (χ0n) is 19.7. The zero-order chi connectivity index (χ0) is 26.7. The van der Waals surface area contributed by atoms with E-state index in [-0.39, 0.29) is 18.1 Å². The van der Waals surface area contributed by atoms with Gasteiger partial charge < -0.3 is 9.29 Å². The molecule has 3 aromatic rings. The summed E-state index contributed by atoms with van der Waals surface area (Å²) < 4.78 is 85.0. The topological polar surface area (TPSA) is 63.6 Å². The molecule has 0 aromatic heterocycles. The molecule has 10 heteroatoms. The van der Waals surface area contributed by atoms with Crippen LogP contribution < -0.4 is 4.18 Å². The number of thiol groups is 1. The van der Waals surface area contributed by atoms with E-state index < -0.39 is 38.9 Å². The molecule has 3 unspecified atom stereocenters. The van der Waals surface area contributed by atoms with E-state index in [0.717, 1.165) is 30.7 Å². The van der Waals surface area contributed by atoms with Gasteiger partial charge in [-0.25, -0.2) is 0 Å². The third-order valence-electron chi connectivity index (χ3n) is 6.72. The first kappa shape index (κ1) is 27.3. The number of phenolic OH excluding ortho intramolecular Hbond substituents is 1. The maximum absolute atomic E-state index is 14.4. The summed E-state index contributed by atoms with van der Waals surface area (Å²) in [5.74, 6) is -7.82. The number of hydrogen-bond donors (Lipinski definition) is 1. The molecule has 3 aromatic carbocycles. The van der Waals surface area contributed by atoms with E-state index in [1.165, 1.54) is 21.6 Å². The molecular formula is C27H27F4O4S2+. The highest BCUT2D eigenvalue weighted by Crippen LogP contribution is 2.58. The molecule has 2 fully saturated rings. The number of alkyl halides is 4. The van der Waals surface area contributed by atoms with E-state index in [1.54, 1.807) is 0 Å². The Morgan fingerprint density at radius 2 is 1.32 bits per heavy atom. The minimum atomic E-state index is -5.90. The first-order valence-electron chi connectivity index (χ1n) is 11.8. The Bertz CT molecular complexity index is 1230. The lowest BCUT2D eigenvalue weighted by Crippen LogP contribution is -2.54. The van der Waals surface area contributed by atoms with Crippen molar-refractivity contribution in [3.05, 3.63) is 84.9 Å². The fraction of sp³-hybridized carbons (Fsp3) is 0.333. The summed E-state index contributed by atoms with van der Waals surface area (Å²) in [5, 5.41) is 3.73. The van der Waals surface area contributed by atoms with Crippen molar-refractivity contribution in [2.24, 2.45) is 17.8 Å². The van der Waals surface area contributed by atoms with Gasteiger partial charge in [-0.15, -0.1) is 0 Å². The van der Waals surface area contributed by atoms with Crippen molar-refractivity contribution in [3.63, 3.8) is 0 Å². The van der Waals surface area contributed by atoms with Crippen molar-refractivity contribution < 1.29 is 35.3 Å². The van der Waals surface area contributed by atoms with Gasteiger partial charge in [0.05, 0.1) is 0 Å². The molecule has 2 bridgehead atoms. The van der Waals surface area contributed by atoms with Gasteiger partial charge in [-0.1, -0.05) is 42.8 Å². The predicted octanol–water partition coefficient (Wildman–Crippen LogP) is 6.68. The van der Waals surface area contributed by atoms with Crippen molar-refractivity contribution in [1.82, 2.24) is 0 Å². The van der Waals surface area contributed by atoms with Crippen LogP contribution in [-0.4, -0.2) is 24.7 Å². The number of hydrogen-bond acceptors (Lipinski definition) is 4. The van der Waals surface area contributed by atoms with E-state index >= 15 is 0 Å². The van der Waals surface area contributed by atoms with Crippen molar-refractivity contribution in [2.45, 2.75) is 46.7 Å². The fourth-order valence-electron chi connectivity index (χ4n) is 4.91. The first-order valence-corrected chi connectivity index (χ1v) is 14.1. The summed E-state index contributed by atoms with van der Waals surface area (Å²) in [6, 6.07) is 24.8. The zero-order valence-corrected chi connectivity index (χ0v) is 21.4. The minimum absolute atomic E-state index is 0.0394. The van der Waals surface area contributed by atoms with Gasteiger partial charge in [-0.2, -0.15) is 26.0 Å². The predicted molar refractivity (Wildman–Crippen MR) is 135 cm³/mol. The molecule has 37 heavy (non-hydrogen) atoms. The lowest BCUT2D eigenvalue weighted by atomic mass is 9.84.